The van der Waals surface area contributed by atoms with E-state index < -0.39 is 0 Å². The second kappa shape index (κ2) is 12.5. The van der Waals surface area contributed by atoms with E-state index in [-0.39, 0.29) is 5.82 Å². The van der Waals surface area contributed by atoms with Gasteiger partial charge in [0, 0.05) is 18.0 Å². The molecule has 5 rings (SSSR count). The monoisotopic (exact) mass is 460 g/mol. The number of pyridine rings is 1. The Morgan fingerprint density at radius 3 is 2.09 bits per heavy atom. The summed E-state index contributed by atoms with van der Waals surface area (Å²) in [6, 6.07) is 15.4. The summed E-state index contributed by atoms with van der Waals surface area (Å²) < 4.78 is 19.3. The quantitative estimate of drug-likeness (QED) is 0.307. The molecule has 0 amide bonds. The molecular formula is C30H37FN2O. The van der Waals surface area contributed by atoms with Crippen molar-refractivity contribution in [1.82, 2.24) is 9.97 Å². The fourth-order valence-electron chi connectivity index (χ4n) is 4.55. The molecule has 1 aliphatic carbocycles. The molecule has 1 aliphatic rings. The topological polar surface area (TPSA) is 38.9 Å². The summed E-state index contributed by atoms with van der Waals surface area (Å²) in [4.78, 5) is 8.68. The zero-order valence-corrected chi connectivity index (χ0v) is 21.1. The molecule has 0 atom stereocenters. The summed E-state index contributed by atoms with van der Waals surface area (Å²) in [6.07, 6.45) is 9.12. The number of nitrogens with zero attached hydrogens (tertiary/aromatic N) is 2. The van der Waals surface area contributed by atoms with Crippen molar-refractivity contribution in [2.75, 3.05) is 0 Å². The summed E-state index contributed by atoms with van der Waals surface area (Å²) >= 11 is 0. The number of halogens is 1. The van der Waals surface area contributed by atoms with Crippen molar-refractivity contribution < 1.29 is 8.81 Å². The molecule has 2 heterocycles. The Bertz CT molecular complexity index is 1140. The molecule has 180 valence electrons. The molecule has 4 aromatic rings. The van der Waals surface area contributed by atoms with Crippen molar-refractivity contribution in [2.45, 2.75) is 72.6 Å². The first-order valence-corrected chi connectivity index (χ1v) is 12.5. The molecule has 0 N–H and O–H groups in total. The van der Waals surface area contributed by atoms with Crippen LogP contribution >= 0.6 is 0 Å². The predicted molar refractivity (Wildman–Crippen MR) is 139 cm³/mol. The van der Waals surface area contributed by atoms with Crippen LogP contribution in [0.1, 0.15) is 73.8 Å². The van der Waals surface area contributed by atoms with Gasteiger partial charge in [0.1, 0.15) is 11.6 Å². The lowest BCUT2D eigenvalue weighted by molar-refractivity contribution is 0.303. The standard InChI is InChI=1S/C20H21FN2O.C8H10.C2H6/c1-13-12-23-20(24-13)10-14-2-4-15(5-3-14)17-8-9-22-19-7-6-16(21)11-18(17)19;1-7-3-5-8(2)6-4-7;1-2/h6-9,11-12,14-15H,2-5,10H2,1H3;3-6H,1-2H3;1-2H3. The number of oxazole rings is 1. The van der Waals surface area contributed by atoms with Crippen LogP contribution in [0.5, 0.6) is 0 Å². The molecule has 2 aromatic carbocycles. The molecule has 0 radical (unpaired) electrons. The van der Waals surface area contributed by atoms with Crippen LogP contribution in [-0.4, -0.2) is 9.97 Å². The highest BCUT2D eigenvalue weighted by molar-refractivity contribution is 5.82. The van der Waals surface area contributed by atoms with Crippen LogP contribution < -0.4 is 0 Å². The summed E-state index contributed by atoms with van der Waals surface area (Å²) in [6.45, 7) is 10.1. The Morgan fingerprint density at radius 1 is 0.853 bits per heavy atom. The van der Waals surface area contributed by atoms with Gasteiger partial charge in [-0.05, 0) is 88.1 Å². The van der Waals surface area contributed by atoms with Crippen LogP contribution in [0.25, 0.3) is 10.9 Å². The van der Waals surface area contributed by atoms with Gasteiger partial charge in [-0.2, -0.15) is 0 Å². The number of fused-ring (bicyclic) bond motifs is 1. The van der Waals surface area contributed by atoms with Gasteiger partial charge in [0.25, 0.3) is 0 Å². The van der Waals surface area contributed by atoms with Crippen molar-refractivity contribution in [3.05, 3.63) is 95.1 Å². The Labute approximate surface area is 203 Å². The van der Waals surface area contributed by atoms with Crippen molar-refractivity contribution in [2.24, 2.45) is 5.92 Å². The van der Waals surface area contributed by atoms with Gasteiger partial charge in [0.05, 0.1) is 11.7 Å². The molecule has 0 spiro atoms. The number of hydrogen-bond donors (Lipinski definition) is 0. The Hall–Kier alpha value is -3.01. The number of aryl methyl sites for hydroxylation is 3. The second-order valence-corrected chi connectivity index (χ2v) is 9.00. The van der Waals surface area contributed by atoms with E-state index in [4.69, 9.17) is 4.42 Å². The molecule has 1 fully saturated rings. The van der Waals surface area contributed by atoms with Crippen LogP contribution in [0.4, 0.5) is 4.39 Å². The van der Waals surface area contributed by atoms with Crippen LogP contribution in [0.15, 0.2) is 65.3 Å². The van der Waals surface area contributed by atoms with E-state index >= 15 is 0 Å². The van der Waals surface area contributed by atoms with Gasteiger partial charge in [0.2, 0.25) is 0 Å². The predicted octanol–water partition coefficient (Wildman–Crippen LogP) is 8.52. The highest BCUT2D eigenvalue weighted by Crippen LogP contribution is 2.39. The maximum atomic E-state index is 13.6. The molecule has 0 aliphatic heterocycles. The summed E-state index contributed by atoms with van der Waals surface area (Å²) in [5.74, 6) is 2.66. The van der Waals surface area contributed by atoms with Crippen LogP contribution in [0.2, 0.25) is 0 Å². The number of rotatable bonds is 3. The molecular weight excluding hydrogens is 423 g/mol. The minimum absolute atomic E-state index is 0.190. The minimum atomic E-state index is -0.190. The summed E-state index contributed by atoms with van der Waals surface area (Å²) in [5, 5.41) is 0.962. The van der Waals surface area contributed by atoms with E-state index in [1.807, 2.05) is 27.0 Å². The molecule has 0 saturated heterocycles. The Morgan fingerprint density at radius 2 is 1.50 bits per heavy atom. The first-order valence-electron chi connectivity index (χ1n) is 12.5. The average Bonchev–Trinajstić information content (AvgIpc) is 3.27. The first kappa shape index (κ1) is 25.6. The second-order valence-electron chi connectivity index (χ2n) is 9.00. The SMILES string of the molecule is CC.Cc1ccc(C)cc1.Cc1cnc(CC2CCC(c3ccnc4ccc(F)cc34)CC2)o1. The highest BCUT2D eigenvalue weighted by Gasteiger charge is 2.25. The lowest BCUT2D eigenvalue weighted by Crippen LogP contribution is -2.15. The van der Waals surface area contributed by atoms with Crippen molar-refractivity contribution in [3.8, 4) is 0 Å². The number of aromatic nitrogens is 2. The molecule has 3 nitrogen and oxygen atoms in total. The third-order valence-electron chi connectivity index (χ3n) is 6.37. The van der Waals surface area contributed by atoms with Gasteiger partial charge in [-0.15, -0.1) is 0 Å². The van der Waals surface area contributed by atoms with Gasteiger partial charge in [-0.3, -0.25) is 4.98 Å². The van der Waals surface area contributed by atoms with Crippen LogP contribution in [0, 0.1) is 32.5 Å². The van der Waals surface area contributed by atoms with Gasteiger partial charge in [-0.25, -0.2) is 9.37 Å². The zero-order valence-electron chi connectivity index (χ0n) is 21.1. The molecule has 0 unspecified atom stereocenters. The highest BCUT2D eigenvalue weighted by atomic mass is 19.1. The Balaban J connectivity index is 0.000000274. The van der Waals surface area contributed by atoms with E-state index in [9.17, 15) is 4.39 Å². The van der Waals surface area contributed by atoms with Crippen molar-refractivity contribution in [3.63, 3.8) is 0 Å². The van der Waals surface area contributed by atoms with E-state index in [0.717, 1.165) is 54.7 Å². The van der Waals surface area contributed by atoms with Crippen molar-refractivity contribution in [1.29, 1.82) is 0 Å². The molecule has 1 saturated carbocycles. The zero-order chi connectivity index (χ0) is 24.5. The third-order valence-corrected chi connectivity index (χ3v) is 6.37. The lowest BCUT2D eigenvalue weighted by Gasteiger charge is -2.28. The molecule has 4 heteroatoms. The van der Waals surface area contributed by atoms with Gasteiger partial charge in [-0.1, -0.05) is 49.2 Å². The van der Waals surface area contributed by atoms with Crippen LogP contribution in [-0.2, 0) is 6.42 Å². The molecule has 0 bridgehead atoms. The maximum absolute atomic E-state index is 13.6. The summed E-state index contributed by atoms with van der Waals surface area (Å²) in [5.41, 5.74) is 4.78. The van der Waals surface area contributed by atoms with E-state index in [0.29, 0.717) is 11.8 Å². The number of benzene rings is 2. The van der Waals surface area contributed by atoms with Gasteiger partial charge < -0.3 is 4.42 Å². The summed E-state index contributed by atoms with van der Waals surface area (Å²) in [7, 11) is 0. The fraction of sp³-hybridized carbons (Fsp3) is 0.400. The van der Waals surface area contributed by atoms with E-state index in [2.05, 4.69) is 54.1 Å². The van der Waals surface area contributed by atoms with Crippen LogP contribution in [0.3, 0.4) is 0 Å². The van der Waals surface area contributed by atoms with Gasteiger partial charge in [0.15, 0.2) is 5.89 Å². The van der Waals surface area contributed by atoms with Crippen molar-refractivity contribution >= 4 is 10.9 Å². The van der Waals surface area contributed by atoms with E-state index in [1.54, 1.807) is 18.3 Å². The largest absolute Gasteiger partial charge is 0.446 e. The lowest BCUT2D eigenvalue weighted by atomic mass is 9.77. The normalized spacial score (nSPS) is 17.4. The molecule has 34 heavy (non-hydrogen) atoms. The first-order chi connectivity index (χ1) is 16.5. The smallest absolute Gasteiger partial charge is 0.194 e. The maximum Gasteiger partial charge on any atom is 0.194 e. The average molecular weight is 461 g/mol. The van der Waals surface area contributed by atoms with E-state index in [1.165, 1.54) is 22.8 Å². The molecule has 2 aromatic heterocycles. The fourth-order valence-corrected chi connectivity index (χ4v) is 4.55. The van der Waals surface area contributed by atoms with Gasteiger partial charge >= 0.3 is 0 Å². The number of hydrogen-bond acceptors (Lipinski definition) is 3. The third kappa shape index (κ3) is 6.99. The Kier molecular flexibility index (Phi) is 9.38. The minimum Gasteiger partial charge on any atom is -0.446 e.